The van der Waals surface area contributed by atoms with Crippen molar-refractivity contribution in [1.82, 2.24) is 0 Å². The Hall–Kier alpha value is -0.550. The lowest BCUT2D eigenvalue weighted by atomic mass is 9.44. The maximum Gasteiger partial charge on any atom is 0.102 e. The predicted octanol–water partition coefficient (Wildman–Crippen LogP) is 7.38. The second kappa shape index (κ2) is 7.23. The van der Waals surface area contributed by atoms with Gasteiger partial charge >= 0.3 is 0 Å². The van der Waals surface area contributed by atoms with Gasteiger partial charge < -0.3 is 4.74 Å². The zero-order chi connectivity index (χ0) is 21.3. The van der Waals surface area contributed by atoms with Crippen molar-refractivity contribution in [2.75, 3.05) is 0 Å². The number of nitrogens with zero attached hydrogens (tertiary/aromatic N) is 1. The van der Waals surface area contributed by atoms with Crippen LogP contribution in [0.2, 0.25) is 0 Å². The van der Waals surface area contributed by atoms with Crippen molar-refractivity contribution in [1.29, 1.82) is 5.26 Å². The highest BCUT2D eigenvalue weighted by atomic mass is 16.6. The Bertz CT molecular complexity index is 710. The van der Waals surface area contributed by atoms with Crippen molar-refractivity contribution in [2.24, 2.45) is 52.3 Å². The van der Waals surface area contributed by atoms with Crippen LogP contribution in [0, 0.1) is 63.6 Å². The quantitative estimate of drug-likeness (QED) is 0.442. The molecule has 0 N–H and O–H groups in total. The Morgan fingerprint density at radius 3 is 2.53 bits per heavy atom. The van der Waals surface area contributed by atoms with Gasteiger partial charge in [0.25, 0.3) is 0 Å². The molecule has 0 aromatic rings. The summed E-state index contributed by atoms with van der Waals surface area (Å²) in [7, 11) is 0. The maximum absolute atomic E-state index is 9.56. The van der Waals surface area contributed by atoms with E-state index in [1.165, 1.54) is 57.8 Å². The van der Waals surface area contributed by atoms with Gasteiger partial charge in [0.2, 0.25) is 0 Å². The van der Waals surface area contributed by atoms with E-state index in [1.807, 2.05) is 0 Å². The van der Waals surface area contributed by atoms with Crippen molar-refractivity contribution >= 4 is 0 Å². The molecule has 5 fully saturated rings. The number of ether oxygens (including phenoxy) is 1. The molecule has 10 atom stereocenters. The fourth-order valence-electron chi connectivity index (χ4n) is 9.82. The van der Waals surface area contributed by atoms with Gasteiger partial charge in [-0.3, -0.25) is 0 Å². The number of fused-ring (bicyclic) bond motifs is 4. The fourth-order valence-corrected chi connectivity index (χ4v) is 9.82. The van der Waals surface area contributed by atoms with E-state index in [0.29, 0.717) is 16.9 Å². The smallest absolute Gasteiger partial charge is 0.102 e. The van der Waals surface area contributed by atoms with Crippen LogP contribution in [0.15, 0.2) is 0 Å². The minimum Gasteiger partial charge on any atom is -0.365 e. The van der Waals surface area contributed by atoms with Gasteiger partial charge in [0, 0.05) is 11.3 Å². The lowest BCUT2D eigenvalue weighted by Crippen LogP contribution is -2.58. The Morgan fingerprint density at radius 2 is 1.80 bits per heavy atom. The molecule has 1 saturated heterocycles. The minimum absolute atomic E-state index is 0.0721. The van der Waals surface area contributed by atoms with Crippen molar-refractivity contribution in [3.63, 3.8) is 0 Å². The Balaban J connectivity index is 1.33. The highest BCUT2D eigenvalue weighted by Crippen LogP contribution is 2.74. The van der Waals surface area contributed by atoms with Crippen LogP contribution in [-0.2, 0) is 4.74 Å². The van der Waals surface area contributed by atoms with E-state index in [1.54, 1.807) is 0 Å². The molecule has 4 saturated carbocycles. The van der Waals surface area contributed by atoms with Crippen LogP contribution < -0.4 is 0 Å². The van der Waals surface area contributed by atoms with Crippen LogP contribution in [0.5, 0.6) is 0 Å². The van der Waals surface area contributed by atoms with Gasteiger partial charge in [0.15, 0.2) is 0 Å². The molecule has 5 aliphatic rings. The summed E-state index contributed by atoms with van der Waals surface area (Å²) in [5, 5.41) is 9.56. The van der Waals surface area contributed by atoms with Crippen LogP contribution in [0.25, 0.3) is 0 Å². The van der Waals surface area contributed by atoms with Gasteiger partial charge in [-0.1, -0.05) is 53.9 Å². The summed E-state index contributed by atoms with van der Waals surface area (Å²) in [6.45, 7) is 12.6. The first kappa shape index (κ1) is 21.3. The zero-order valence-corrected chi connectivity index (χ0v) is 20.3. The fraction of sp³-hybridized carbons (Fsp3) is 0.964. The molecule has 0 aromatic carbocycles. The average molecular weight is 412 g/mol. The number of epoxide rings is 1. The van der Waals surface area contributed by atoms with Crippen LogP contribution in [0.1, 0.15) is 105 Å². The van der Waals surface area contributed by atoms with Gasteiger partial charge in [-0.15, -0.1) is 0 Å². The summed E-state index contributed by atoms with van der Waals surface area (Å²) in [5.41, 5.74) is 0.965. The normalized spacial score (nSPS) is 52.6. The molecule has 1 heterocycles. The number of rotatable bonds is 5. The van der Waals surface area contributed by atoms with Gasteiger partial charge in [-0.05, 0) is 92.3 Å². The topological polar surface area (TPSA) is 36.3 Å². The highest BCUT2D eigenvalue weighted by molar-refractivity contribution is 5.25. The van der Waals surface area contributed by atoms with Gasteiger partial charge in [-0.2, -0.15) is 5.26 Å². The molecule has 1 aliphatic heterocycles. The van der Waals surface area contributed by atoms with E-state index >= 15 is 0 Å². The Morgan fingerprint density at radius 1 is 1.00 bits per heavy atom. The molecule has 5 rings (SSSR count). The average Bonchev–Trinajstić information content (AvgIpc) is 3.28. The number of hydrogen-bond acceptors (Lipinski definition) is 2. The Kier molecular flexibility index (Phi) is 5.13. The lowest BCUT2D eigenvalue weighted by molar-refractivity contribution is -0.104. The molecule has 30 heavy (non-hydrogen) atoms. The van der Waals surface area contributed by atoms with Crippen molar-refractivity contribution in [3.8, 4) is 6.07 Å². The third kappa shape index (κ3) is 2.89. The second-order valence-electron chi connectivity index (χ2n) is 13.1. The van der Waals surface area contributed by atoms with Crippen molar-refractivity contribution in [2.45, 2.75) is 117 Å². The number of nitriles is 1. The van der Waals surface area contributed by atoms with E-state index in [9.17, 15) is 5.26 Å². The Labute approximate surface area is 185 Å². The summed E-state index contributed by atoms with van der Waals surface area (Å²) >= 11 is 0. The monoisotopic (exact) mass is 411 g/mol. The SMILES string of the molecule is CC(C)CCC[C@@H](C)[C@@H]1CC[C@@H]2[C@@H]3C[C@@H]4O[C@@]45C[C@H](C#N)CC[C@]5(C)[C@H]3CC[C@]21C. The minimum atomic E-state index is 0.0721. The molecule has 168 valence electrons. The van der Waals surface area contributed by atoms with Crippen LogP contribution in [0.3, 0.4) is 0 Å². The summed E-state index contributed by atoms with van der Waals surface area (Å²) < 4.78 is 6.58. The molecule has 1 spiro atoms. The van der Waals surface area contributed by atoms with Gasteiger partial charge in [-0.25, -0.2) is 0 Å². The summed E-state index contributed by atoms with van der Waals surface area (Å²) in [6.07, 6.45) is 15.1. The maximum atomic E-state index is 9.56. The van der Waals surface area contributed by atoms with E-state index in [0.717, 1.165) is 48.3 Å². The molecule has 0 aromatic heterocycles. The molecule has 0 bridgehead atoms. The van der Waals surface area contributed by atoms with E-state index in [4.69, 9.17) is 4.74 Å². The molecule has 4 aliphatic carbocycles. The molecule has 0 amide bonds. The number of hydrogen-bond donors (Lipinski definition) is 0. The molecular weight excluding hydrogens is 366 g/mol. The van der Waals surface area contributed by atoms with Crippen LogP contribution >= 0.6 is 0 Å². The van der Waals surface area contributed by atoms with Crippen LogP contribution in [-0.4, -0.2) is 11.7 Å². The first-order valence-electron chi connectivity index (χ1n) is 13.3. The highest BCUT2D eigenvalue weighted by Gasteiger charge is 2.76. The van der Waals surface area contributed by atoms with E-state index in [2.05, 4.69) is 40.7 Å². The van der Waals surface area contributed by atoms with Gasteiger partial charge in [0.1, 0.15) is 5.60 Å². The molecular formula is C28H45NO. The van der Waals surface area contributed by atoms with Gasteiger partial charge in [0.05, 0.1) is 12.2 Å². The first-order valence-corrected chi connectivity index (χ1v) is 13.3. The van der Waals surface area contributed by atoms with E-state index < -0.39 is 0 Å². The van der Waals surface area contributed by atoms with Crippen LogP contribution in [0.4, 0.5) is 0 Å². The summed E-state index contributed by atoms with van der Waals surface area (Å²) in [6, 6.07) is 2.58. The van der Waals surface area contributed by atoms with Crippen molar-refractivity contribution in [3.05, 3.63) is 0 Å². The zero-order valence-electron chi connectivity index (χ0n) is 20.3. The largest absolute Gasteiger partial charge is 0.365 e. The summed E-state index contributed by atoms with van der Waals surface area (Å²) in [5.74, 6) is 5.53. The molecule has 0 radical (unpaired) electrons. The molecule has 0 unspecified atom stereocenters. The lowest BCUT2D eigenvalue weighted by Gasteiger charge is -2.59. The standard InChI is InChI=1S/C28H45NO/c1-18(2)7-6-8-19(3)22-9-10-23-21-15-25-28(30-25)16-20(17-29)11-14-27(28,5)24(21)12-13-26(22,23)4/h18-25H,6-16H2,1-5H3/t19-,20-,21+,22+,23-,24+,25+,26+,27-,28+/m1/s1. The summed E-state index contributed by atoms with van der Waals surface area (Å²) in [4.78, 5) is 0. The van der Waals surface area contributed by atoms with Crippen molar-refractivity contribution < 1.29 is 4.74 Å². The predicted molar refractivity (Wildman–Crippen MR) is 122 cm³/mol. The molecule has 2 nitrogen and oxygen atoms in total. The molecule has 2 heteroatoms. The first-order chi connectivity index (χ1) is 14.2. The second-order valence-corrected chi connectivity index (χ2v) is 13.1. The third-order valence-electron chi connectivity index (χ3n) is 11.5. The van der Waals surface area contributed by atoms with E-state index in [-0.39, 0.29) is 11.5 Å². The third-order valence-corrected chi connectivity index (χ3v) is 11.5.